The van der Waals surface area contributed by atoms with E-state index in [9.17, 15) is 4.79 Å². The molecule has 0 bridgehead atoms. The van der Waals surface area contributed by atoms with Crippen LogP contribution in [-0.4, -0.2) is 24.3 Å². The molecule has 3 heteroatoms. The first kappa shape index (κ1) is 11.8. The molecule has 0 amide bonds. The van der Waals surface area contributed by atoms with Crippen LogP contribution in [0.5, 0.6) is 0 Å². The third-order valence-corrected chi connectivity index (χ3v) is 4.39. The maximum Gasteiger partial charge on any atom is 0.124 e. The summed E-state index contributed by atoms with van der Waals surface area (Å²) in [6.45, 7) is 5.31. The number of carbonyl (C=O) groups excluding carboxylic acids is 1. The Balaban J connectivity index is 1.91. The minimum Gasteiger partial charge on any atom is -0.303 e. The second-order valence-electron chi connectivity index (χ2n) is 4.50. The Morgan fingerprint density at radius 1 is 1.50 bits per heavy atom. The zero-order valence-electron chi connectivity index (χ0n) is 9.82. The van der Waals surface area contributed by atoms with Gasteiger partial charge in [-0.1, -0.05) is 6.92 Å². The summed E-state index contributed by atoms with van der Waals surface area (Å²) in [6.07, 6.45) is 4.49. The average molecular weight is 237 g/mol. The normalized spacial score (nSPS) is 22.2. The van der Waals surface area contributed by atoms with Crippen molar-refractivity contribution in [3.8, 4) is 0 Å². The van der Waals surface area contributed by atoms with Crippen molar-refractivity contribution in [1.29, 1.82) is 0 Å². The van der Waals surface area contributed by atoms with Crippen LogP contribution >= 0.6 is 11.3 Å². The van der Waals surface area contributed by atoms with Crippen LogP contribution in [0.4, 0.5) is 0 Å². The second kappa shape index (κ2) is 5.60. The van der Waals surface area contributed by atoms with Gasteiger partial charge in [0.15, 0.2) is 0 Å². The van der Waals surface area contributed by atoms with E-state index in [1.54, 1.807) is 0 Å². The summed E-state index contributed by atoms with van der Waals surface area (Å²) in [4.78, 5) is 16.1. The molecule has 16 heavy (non-hydrogen) atoms. The topological polar surface area (TPSA) is 20.3 Å². The Kier molecular flexibility index (Phi) is 4.13. The van der Waals surface area contributed by atoms with E-state index < -0.39 is 0 Å². The first-order valence-corrected chi connectivity index (χ1v) is 6.88. The largest absolute Gasteiger partial charge is 0.303 e. The maximum atomic E-state index is 10.8. The van der Waals surface area contributed by atoms with Gasteiger partial charge in [0.25, 0.3) is 0 Å². The number of piperidine rings is 1. The molecule has 88 valence electrons. The first-order valence-electron chi connectivity index (χ1n) is 6.07. The molecule has 0 radical (unpaired) electrons. The number of carbonyl (C=O) groups is 1. The number of thiophene rings is 1. The van der Waals surface area contributed by atoms with Crippen LogP contribution in [0.15, 0.2) is 12.1 Å². The molecule has 1 unspecified atom stereocenters. The summed E-state index contributed by atoms with van der Waals surface area (Å²) in [5.74, 6) is 0.263. The van der Waals surface area contributed by atoms with Gasteiger partial charge in [-0.2, -0.15) is 0 Å². The molecule has 1 aliphatic heterocycles. The molecule has 0 saturated carbocycles. The van der Waals surface area contributed by atoms with Crippen molar-refractivity contribution < 1.29 is 4.79 Å². The number of hydrogen-bond donors (Lipinski definition) is 0. The van der Waals surface area contributed by atoms with Crippen LogP contribution in [0.25, 0.3) is 0 Å². The van der Waals surface area contributed by atoms with Crippen molar-refractivity contribution in [3.63, 3.8) is 0 Å². The van der Waals surface area contributed by atoms with Gasteiger partial charge in [-0.05, 0) is 37.9 Å². The quantitative estimate of drug-likeness (QED) is 0.750. The van der Waals surface area contributed by atoms with Gasteiger partial charge in [0.2, 0.25) is 0 Å². The van der Waals surface area contributed by atoms with Crippen molar-refractivity contribution in [2.75, 3.05) is 13.1 Å². The number of aryl methyl sites for hydroxylation is 1. The molecule has 0 aromatic carbocycles. The molecule has 1 saturated heterocycles. The fraction of sp³-hybridized carbons (Fsp3) is 0.615. The Bertz CT molecular complexity index is 347. The van der Waals surface area contributed by atoms with E-state index in [1.807, 2.05) is 11.3 Å². The highest BCUT2D eigenvalue weighted by Gasteiger charge is 2.19. The monoisotopic (exact) mass is 237 g/mol. The molecule has 2 rings (SSSR count). The minimum atomic E-state index is 0.263. The van der Waals surface area contributed by atoms with E-state index in [2.05, 4.69) is 24.0 Å². The molecular formula is C13H19NOS. The van der Waals surface area contributed by atoms with Crippen molar-refractivity contribution in [1.82, 2.24) is 4.90 Å². The lowest BCUT2D eigenvalue weighted by molar-refractivity contribution is -0.112. The SMILES string of the molecule is CCc1ccc(CN2CCCC(C=O)C2)s1. The Labute approximate surface area is 101 Å². The molecule has 2 heterocycles. The number of rotatable bonds is 4. The highest BCUT2D eigenvalue weighted by atomic mass is 32.1. The predicted octanol–water partition coefficient (Wildman–Crippen LogP) is 2.72. The lowest BCUT2D eigenvalue weighted by Gasteiger charge is -2.29. The molecule has 1 aromatic rings. The highest BCUT2D eigenvalue weighted by molar-refractivity contribution is 7.11. The lowest BCUT2D eigenvalue weighted by atomic mass is 10.00. The zero-order valence-corrected chi connectivity index (χ0v) is 10.6. The second-order valence-corrected chi connectivity index (χ2v) is 5.75. The van der Waals surface area contributed by atoms with Gasteiger partial charge in [0.1, 0.15) is 6.29 Å². The van der Waals surface area contributed by atoms with E-state index in [4.69, 9.17) is 0 Å². The molecule has 1 atom stereocenters. The lowest BCUT2D eigenvalue weighted by Crippen LogP contribution is -2.35. The minimum absolute atomic E-state index is 0.263. The summed E-state index contributed by atoms with van der Waals surface area (Å²) >= 11 is 1.91. The summed E-state index contributed by atoms with van der Waals surface area (Å²) in [7, 11) is 0. The van der Waals surface area contributed by atoms with Gasteiger partial charge in [0, 0.05) is 28.8 Å². The van der Waals surface area contributed by atoms with E-state index >= 15 is 0 Å². The molecule has 2 nitrogen and oxygen atoms in total. The molecule has 0 spiro atoms. The summed E-state index contributed by atoms with van der Waals surface area (Å²) in [5.41, 5.74) is 0. The van der Waals surface area contributed by atoms with Gasteiger partial charge in [-0.15, -0.1) is 11.3 Å². The summed E-state index contributed by atoms with van der Waals surface area (Å²) < 4.78 is 0. The number of likely N-dealkylation sites (tertiary alicyclic amines) is 1. The fourth-order valence-corrected chi connectivity index (χ4v) is 3.26. The van der Waals surface area contributed by atoms with E-state index in [-0.39, 0.29) is 5.92 Å². The van der Waals surface area contributed by atoms with Crippen LogP contribution in [0.1, 0.15) is 29.5 Å². The van der Waals surface area contributed by atoms with Gasteiger partial charge >= 0.3 is 0 Å². The van der Waals surface area contributed by atoms with E-state index in [0.717, 1.165) is 45.2 Å². The molecule has 0 aliphatic carbocycles. The number of hydrogen-bond acceptors (Lipinski definition) is 3. The van der Waals surface area contributed by atoms with Gasteiger partial charge in [-0.3, -0.25) is 4.90 Å². The first-order chi connectivity index (χ1) is 7.81. The van der Waals surface area contributed by atoms with Crippen LogP contribution in [0.2, 0.25) is 0 Å². The summed E-state index contributed by atoms with van der Waals surface area (Å²) in [5, 5.41) is 0. The van der Waals surface area contributed by atoms with Gasteiger partial charge in [-0.25, -0.2) is 0 Å². The van der Waals surface area contributed by atoms with Crippen LogP contribution in [0, 0.1) is 5.92 Å². The summed E-state index contributed by atoms with van der Waals surface area (Å²) in [6, 6.07) is 4.45. The smallest absolute Gasteiger partial charge is 0.124 e. The predicted molar refractivity (Wildman–Crippen MR) is 67.8 cm³/mol. The van der Waals surface area contributed by atoms with Crippen molar-refractivity contribution in [2.45, 2.75) is 32.7 Å². The molecular weight excluding hydrogens is 218 g/mol. The van der Waals surface area contributed by atoms with Crippen LogP contribution in [-0.2, 0) is 17.8 Å². The molecule has 0 N–H and O–H groups in total. The van der Waals surface area contributed by atoms with Gasteiger partial charge in [0.05, 0.1) is 0 Å². The van der Waals surface area contributed by atoms with Crippen LogP contribution < -0.4 is 0 Å². The highest BCUT2D eigenvalue weighted by Crippen LogP contribution is 2.22. The molecule has 1 aliphatic rings. The standard InChI is InChI=1S/C13H19NOS/c1-2-12-5-6-13(16-12)9-14-7-3-4-11(8-14)10-15/h5-6,10-11H,2-4,7-9H2,1H3. The van der Waals surface area contributed by atoms with Crippen molar-refractivity contribution >= 4 is 17.6 Å². The number of nitrogens with zero attached hydrogens (tertiary/aromatic N) is 1. The van der Waals surface area contributed by atoms with E-state index in [0.29, 0.717) is 0 Å². The number of aldehydes is 1. The molecule has 1 fully saturated rings. The van der Waals surface area contributed by atoms with Crippen molar-refractivity contribution in [2.24, 2.45) is 5.92 Å². The average Bonchev–Trinajstić information content (AvgIpc) is 2.77. The van der Waals surface area contributed by atoms with Crippen molar-refractivity contribution in [3.05, 3.63) is 21.9 Å². The zero-order chi connectivity index (χ0) is 11.4. The molecule has 1 aromatic heterocycles. The maximum absolute atomic E-state index is 10.8. The Morgan fingerprint density at radius 3 is 3.00 bits per heavy atom. The van der Waals surface area contributed by atoms with Crippen LogP contribution in [0.3, 0.4) is 0 Å². The van der Waals surface area contributed by atoms with E-state index in [1.165, 1.54) is 9.75 Å². The third kappa shape index (κ3) is 2.92. The van der Waals surface area contributed by atoms with Gasteiger partial charge < -0.3 is 4.79 Å². The Morgan fingerprint density at radius 2 is 2.31 bits per heavy atom. The third-order valence-electron chi connectivity index (χ3n) is 3.18. The fourth-order valence-electron chi connectivity index (χ4n) is 2.26. The Hall–Kier alpha value is -0.670.